The third-order valence-electron chi connectivity index (χ3n) is 3.31. The maximum absolute atomic E-state index is 12.3. The van der Waals surface area contributed by atoms with E-state index in [-0.39, 0.29) is 5.56 Å². The van der Waals surface area contributed by atoms with Crippen molar-refractivity contribution in [1.29, 1.82) is 0 Å². The molecule has 1 aliphatic carbocycles. The molecule has 3 rings (SSSR count). The molecule has 1 aromatic carbocycles. The van der Waals surface area contributed by atoms with E-state index < -0.39 is 0 Å². The molecule has 0 N–H and O–H groups in total. The number of nitrogens with zero attached hydrogens (tertiary/aromatic N) is 2. The van der Waals surface area contributed by atoms with Crippen LogP contribution in [-0.4, -0.2) is 9.78 Å². The Morgan fingerprint density at radius 2 is 2.18 bits per heavy atom. The number of benzene rings is 1. The van der Waals surface area contributed by atoms with Gasteiger partial charge in [-0.15, -0.1) is 0 Å². The zero-order valence-electron chi connectivity index (χ0n) is 10.2. The second kappa shape index (κ2) is 3.69. The van der Waals surface area contributed by atoms with E-state index in [4.69, 9.17) is 0 Å². The van der Waals surface area contributed by atoms with Crippen LogP contribution in [0.4, 0.5) is 0 Å². The van der Waals surface area contributed by atoms with E-state index in [0.29, 0.717) is 12.5 Å². The van der Waals surface area contributed by atoms with E-state index in [1.165, 1.54) is 5.56 Å². The summed E-state index contributed by atoms with van der Waals surface area (Å²) in [6, 6.07) is 6.01. The van der Waals surface area contributed by atoms with Gasteiger partial charge < -0.3 is 0 Å². The summed E-state index contributed by atoms with van der Waals surface area (Å²) in [5, 5.41) is 6.46. The largest absolute Gasteiger partial charge is 0.274 e. The minimum absolute atomic E-state index is 0.0567. The molecule has 0 bridgehead atoms. The maximum Gasteiger partial charge on any atom is 0.274 e. The van der Waals surface area contributed by atoms with Gasteiger partial charge in [-0.1, -0.05) is 26.0 Å². The van der Waals surface area contributed by atoms with Crippen LogP contribution in [0.2, 0.25) is 0 Å². The van der Waals surface area contributed by atoms with Crippen molar-refractivity contribution in [1.82, 2.24) is 9.78 Å². The normalized spacial score (nSPS) is 13.8. The summed E-state index contributed by atoms with van der Waals surface area (Å²) in [5.41, 5.74) is 2.43. The Balaban J connectivity index is 2.31. The number of rotatable bonds is 2. The highest BCUT2D eigenvalue weighted by Crippen LogP contribution is 2.26. The van der Waals surface area contributed by atoms with Crippen LogP contribution in [0.15, 0.2) is 23.0 Å². The Labute approximate surface area is 100 Å². The Morgan fingerprint density at radius 3 is 2.94 bits per heavy atom. The average molecular weight is 228 g/mol. The Morgan fingerprint density at radius 1 is 1.35 bits per heavy atom. The summed E-state index contributed by atoms with van der Waals surface area (Å²) in [5.74, 6) is 0.439. The van der Waals surface area contributed by atoms with E-state index >= 15 is 0 Å². The molecule has 0 saturated carbocycles. The predicted molar refractivity (Wildman–Crippen MR) is 68.2 cm³/mol. The molecule has 0 amide bonds. The van der Waals surface area contributed by atoms with Crippen LogP contribution < -0.4 is 5.56 Å². The lowest BCUT2D eigenvalue weighted by molar-refractivity contribution is 0.462. The molecule has 3 heteroatoms. The van der Waals surface area contributed by atoms with Gasteiger partial charge in [0.05, 0.1) is 11.1 Å². The summed E-state index contributed by atoms with van der Waals surface area (Å²) in [4.78, 5) is 12.3. The molecular weight excluding hydrogens is 212 g/mol. The van der Waals surface area contributed by atoms with Crippen molar-refractivity contribution in [3.8, 4) is 0 Å². The molecule has 0 saturated heterocycles. The first kappa shape index (κ1) is 10.5. The SMILES string of the molecule is CC(C)Cn1nc2c3c(cccc3c1=O)CC2. The third kappa shape index (κ3) is 1.57. The number of hydrogen-bond acceptors (Lipinski definition) is 2. The zero-order chi connectivity index (χ0) is 12.0. The Bertz CT molecular complexity index is 640. The van der Waals surface area contributed by atoms with Gasteiger partial charge in [-0.05, 0) is 30.4 Å². The van der Waals surface area contributed by atoms with Gasteiger partial charge in [0.25, 0.3) is 5.56 Å². The van der Waals surface area contributed by atoms with Gasteiger partial charge in [0.2, 0.25) is 0 Å². The molecule has 0 radical (unpaired) electrons. The highest BCUT2D eigenvalue weighted by atomic mass is 16.1. The van der Waals surface area contributed by atoms with E-state index in [1.54, 1.807) is 4.68 Å². The lowest BCUT2D eigenvalue weighted by Gasteiger charge is -2.10. The molecule has 88 valence electrons. The highest BCUT2D eigenvalue weighted by Gasteiger charge is 2.19. The highest BCUT2D eigenvalue weighted by molar-refractivity contribution is 5.88. The van der Waals surface area contributed by atoms with Crippen LogP contribution in [-0.2, 0) is 19.4 Å². The Kier molecular flexibility index (Phi) is 2.28. The first-order chi connectivity index (χ1) is 8.16. The lowest BCUT2D eigenvalue weighted by Crippen LogP contribution is -2.26. The molecule has 2 aromatic rings. The standard InChI is InChI=1S/C14H16N2O/c1-9(2)8-16-14(17)11-5-3-4-10-6-7-12(15-16)13(10)11/h3-5,9H,6-8H2,1-2H3. The molecule has 1 aliphatic rings. The zero-order valence-corrected chi connectivity index (χ0v) is 10.2. The van der Waals surface area contributed by atoms with Crippen molar-refractivity contribution in [2.45, 2.75) is 33.2 Å². The first-order valence-corrected chi connectivity index (χ1v) is 6.18. The van der Waals surface area contributed by atoms with Gasteiger partial charge in [-0.2, -0.15) is 5.10 Å². The summed E-state index contributed by atoms with van der Waals surface area (Å²) < 4.78 is 1.64. The molecule has 0 aliphatic heterocycles. The minimum atomic E-state index is 0.0567. The molecular formula is C14H16N2O. The Hall–Kier alpha value is -1.64. The molecule has 0 spiro atoms. The number of aryl methyl sites for hydroxylation is 2. The van der Waals surface area contributed by atoms with Crippen molar-refractivity contribution in [3.05, 3.63) is 39.8 Å². The van der Waals surface area contributed by atoms with Crippen molar-refractivity contribution in [3.63, 3.8) is 0 Å². The fraction of sp³-hybridized carbons (Fsp3) is 0.429. The average Bonchev–Trinajstić information content (AvgIpc) is 2.69. The summed E-state index contributed by atoms with van der Waals surface area (Å²) in [6.07, 6.45) is 1.99. The first-order valence-electron chi connectivity index (χ1n) is 6.18. The summed E-state index contributed by atoms with van der Waals surface area (Å²) >= 11 is 0. The van der Waals surface area contributed by atoms with Gasteiger partial charge in [0.1, 0.15) is 0 Å². The van der Waals surface area contributed by atoms with Crippen LogP contribution in [0.3, 0.4) is 0 Å². The predicted octanol–water partition coefficient (Wildman–Crippen LogP) is 2.15. The van der Waals surface area contributed by atoms with Gasteiger partial charge >= 0.3 is 0 Å². The molecule has 3 nitrogen and oxygen atoms in total. The van der Waals surface area contributed by atoms with Crippen LogP contribution in [0.1, 0.15) is 25.1 Å². The number of aromatic nitrogens is 2. The van der Waals surface area contributed by atoms with E-state index in [1.807, 2.05) is 12.1 Å². The van der Waals surface area contributed by atoms with Crippen molar-refractivity contribution >= 4 is 10.8 Å². The van der Waals surface area contributed by atoms with Crippen LogP contribution in [0.25, 0.3) is 10.8 Å². The van der Waals surface area contributed by atoms with Gasteiger partial charge in [-0.3, -0.25) is 4.79 Å². The van der Waals surface area contributed by atoms with Crippen LogP contribution in [0, 0.1) is 5.92 Å². The molecule has 1 aromatic heterocycles. The van der Waals surface area contributed by atoms with E-state index in [2.05, 4.69) is 25.0 Å². The smallest absolute Gasteiger partial charge is 0.267 e. The van der Waals surface area contributed by atoms with Gasteiger partial charge in [0, 0.05) is 11.9 Å². The quantitative estimate of drug-likeness (QED) is 0.789. The van der Waals surface area contributed by atoms with Gasteiger partial charge in [-0.25, -0.2) is 4.68 Å². The third-order valence-corrected chi connectivity index (χ3v) is 3.31. The molecule has 17 heavy (non-hydrogen) atoms. The molecule has 0 atom stereocenters. The van der Waals surface area contributed by atoms with Crippen LogP contribution in [0.5, 0.6) is 0 Å². The van der Waals surface area contributed by atoms with Gasteiger partial charge in [0.15, 0.2) is 0 Å². The monoisotopic (exact) mass is 228 g/mol. The molecule has 1 heterocycles. The van der Waals surface area contributed by atoms with Crippen molar-refractivity contribution < 1.29 is 0 Å². The number of hydrogen-bond donors (Lipinski definition) is 0. The molecule has 0 fully saturated rings. The topological polar surface area (TPSA) is 34.9 Å². The second-order valence-corrected chi connectivity index (χ2v) is 5.17. The maximum atomic E-state index is 12.3. The van der Waals surface area contributed by atoms with Crippen molar-refractivity contribution in [2.24, 2.45) is 5.92 Å². The molecule has 0 unspecified atom stereocenters. The fourth-order valence-electron chi connectivity index (χ4n) is 2.61. The van der Waals surface area contributed by atoms with Crippen LogP contribution >= 0.6 is 0 Å². The van der Waals surface area contributed by atoms with Crippen molar-refractivity contribution in [2.75, 3.05) is 0 Å². The summed E-state index contributed by atoms with van der Waals surface area (Å²) in [6.45, 7) is 4.91. The summed E-state index contributed by atoms with van der Waals surface area (Å²) in [7, 11) is 0. The van der Waals surface area contributed by atoms with E-state index in [0.717, 1.165) is 29.3 Å². The minimum Gasteiger partial charge on any atom is -0.267 e. The second-order valence-electron chi connectivity index (χ2n) is 5.17. The van der Waals surface area contributed by atoms with E-state index in [9.17, 15) is 4.79 Å². The lowest BCUT2D eigenvalue weighted by atomic mass is 10.1. The fourth-order valence-corrected chi connectivity index (χ4v) is 2.61.